The van der Waals surface area contributed by atoms with Gasteiger partial charge in [-0.25, -0.2) is 4.98 Å². The van der Waals surface area contributed by atoms with E-state index in [0.29, 0.717) is 12.5 Å². The highest BCUT2D eigenvalue weighted by molar-refractivity contribution is 9.10. The summed E-state index contributed by atoms with van der Waals surface area (Å²) in [5.74, 6) is 1.43. The highest BCUT2D eigenvalue weighted by atomic mass is 79.9. The van der Waals surface area contributed by atoms with Gasteiger partial charge < -0.3 is 10.3 Å². The Hall–Kier alpha value is -0.870. The average Bonchev–Trinajstić information content (AvgIpc) is 2.72. The van der Waals surface area contributed by atoms with E-state index in [9.17, 15) is 0 Å². The van der Waals surface area contributed by atoms with E-state index in [1.54, 1.807) is 0 Å². The number of hydrogen-bond donors (Lipinski definition) is 1. The standard InChI is InChI=1S/C16H24BrN3/c1-5-20-14-7-6-12(17)8-13(14)19-15(20)11(10-18)9-16(2,3)4/h6-8,11H,5,9-10,18H2,1-4H3. The van der Waals surface area contributed by atoms with Crippen molar-refractivity contribution in [3.05, 3.63) is 28.5 Å². The number of imidazole rings is 1. The summed E-state index contributed by atoms with van der Waals surface area (Å²) in [4.78, 5) is 4.85. The van der Waals surface area contributed by atoms with Crippen LogP contribution in [0.15, 0.2) is 22.7 Å². The quantitative estimate of drug-likeness (QED) is 0.903. The summed E-state index contributed by atoms with van der Waals surface area (Å²) in [6, 6.07) is 6.28. The van der Waals surface area contributed by atoms with Crippen LogP contribution in [0, 0.1) is 5.41 Å². The van der Waals surface area contributed by atoms with Gasteiger partial charge in [-0.05, 0) is 37.0 Å². The number of hydrogen-bond acceptors (Lipinski definition) is 2. The maximum atomic E-state index is 6.02. The van der Waals surface area contributed by atoms with Gasteiger partial charge in [-0.2, -0.15) is 0 Å². The van der Waals surface area contributed by atoms with E-state index in [1.807, 2.05) is 0 Å². The summed E-state index contributed by atoms with van der Waals surface area (Å²) in [5, 5.41) is 0. The van der Waals surface area contributed by atoms with Crippen LogP contribution in [-0.4, -0.2) is 16.1 Å². The molecule has 0 radical (unpaired) electrons. The van der Waals surface area contributed by atoms with Crippen molar-refractivity contribution in [2.45, 2.75) is 46.6 Å². The van der Waals surface area contributed by atoms with Crippen LogP contribution < -0.4 is 5.73 Å². The van der Waals surface area contributed by atoms with Gasteiger partial charge in [0, 0.05) is 23.5 Å². The van der Waals surface area contributed by atoms with Gasteiger partial charge in [-0.15, -0.1) is 0 Å². The van der Waals surface area contributed by atoms with Gasteiger partial charge in [0.1, 0.15) is 5.82 Å². The molecule has 0 aliphatic rings. The Morgan fingerprint density at radius 3 is 2.60 bits per heavy atom. The topological polar surface area (TPSA) is 43.8 Å². The van der Waals surface area contributed by atoms with E-state index < -0.39 is 0 Å². The number of nitrogens with zero attached hydrogens (tertiary/aromatic N) is 2. The lowest BCUT2D eigenvalue weighted by molar-refractivity contribution is 0.332. The molecule has 1 aromatic carbocycles. The number of aryl methyl sites for hydroxylation is 1. The van der Waals surface area contributed by atoms with Crippen molar-refractivity contribution >= 4 is 27.0 Å². The fourth-order valence-corrected chi connectivity index (χ4v) is 3.13. The third kappa shape index (κ3) is 3.23. The van der Waals surface area contributed by atoms with E-state index >= 15 is 0 Å². The first-order valence-electron chi connectivity index (χ1n) is 7.21. The molecule has 1 unspecified atom stereocenters. The molecular weight excluding hydrogens is 314 g/mol. The molecule has 2 aromatic rings. The zero-order chi connectivity index (χ0) is 14.9. The lowest BCUT2D eigenvalue weighted by atomic mass is 9.84. The van der Waals surface area contributed by atoms with Gasteiger partial charge in [-0.1, -0.05) is 36.7 Å². The lowest BCUT2D eigenvalue weighted by Gasteiger charge is -2.25. The second kappa shape index (κ2) is 5.86. The van der Waals surface area contributed by atoms with Crippen LogP contribution in [0.1, 0.15) is 45.9 Å². The van der Waals surface area contributed by atoms with Crippen LogP contribution in [0.2, 0.25) is 0 Å². The monoisotopic (exact) mass is 337 g/mol. The molecule has 110 valence electrons. The Kier molecular flexibility index (Phi) is 4.55. The minimum absolute atomic E-state index is 0.251. The van der Waals surface area contributed by atoms with Gasteiger partial charge in [0.05, 0.1) is 11.0 Å². The van der Waals surface area contributed by atoms with Crippen LogP contribution in [0.5, 0.6) is 0 Å². The van der Waals surface area contributed by atoms with E-state index in [2.05, 4.69) is 66.4 Å². The SMILES string of the molecule is CCn1c(C(CN)CC(C)(C)C)nc2cc(Br)ccc21. The molecule has 0 saturated heterocycles. The second-order valence-corrected chi connectivity index (χ2v) is 7.46. The molecule has 4 heteroatoms. The number of fused-ring (bicyclic) bond motifs is 1. The van der Waals surface area contributed by atoms with E-state index in [4.69, 9.17) is 10.7 Å². The van der Waals surface area contributed by atoms with Crippen LogP contribution in [0.4, 0.5) is 0 Å². The molecule has 0 aliphatic heterocycles. The van der Waals surface area contributed by atoms with E-state index in [1.165, 1.54) is 5.52 Å². The molecule has 1 atom stereocenters. The third-order valence-corrected chi connectivity index (χ3v) is 4.06. The number of aromatic nitrogens is 2. The Morgan fingerprint density at radius 2 is 2.05 bits per heavy atom. The number of benzene rings is 1. The smallest absolute Gasteiger partial charge is 0.114 e. The van der Waals surface area contributed by atoms with Crippen molar-refractivity contribution in [3.63, 3.8) is 0 Å². The minimum atomic E-state index is 0.251. The van der Waals surface area contributed by atoms with Crippen molar-refractivity contribution < 1.29 is 0 Å². The molecule has 1 heterocycles. The van der Waals surface area contributed by atoms with Gasteiger partial charge in [0.15, 0.2) is 0 Å². The predicted molar refractivity (Wildman–Crippen MR) is 89.0 cm³/mol. The van der Waals surface area contributed by atoms with Gasteiger partial charge in [-0.3, -0.25) is 0 Å². The molecule has 1 aromatic heterocycles. The molecule has 2 N–H and O–H groups in total. The highest BCUT2D eigenvalue weighted by Gasteiger charge is 2.24. The first-order chi connectivity index (χ1) is 9.35. The van der Waals surface area contributed by atoms with Crippen molar-refractivity contribution in [1.82, 2.24) is 9.55 Å². The summed E-state index contributed by atoms with van der Waals surface area (Å²) in [6.45, 7) is 10.5. The number of nitrogens with two attached hydrogens (primary N) is 1. The first-order valence-corrected chi connectivity index (χ1v) is 8.00. The summed E-state index contributed by atoms with van der Waals surface area (Å²) in [6.07, 6.45) is 1.05. The number of halogens is 1. The van der Waals surface area contributed by atoms with Gasteiger partial charge >= 0.3 is 0 Å². The molecule has 0 bridgehead atoms. The molecule has 0 fully saturated rings. The molecule has 0 aliphatic carbocycles. The van der Waals surface area contributed by atoms with Crippen LogP contribution >= 0.6 is 15.9 Å². The molecule has 0 spiro atoms. The summed E-state index contributed by atoms with van der Waals surface area (Å²) >= 11 is 3.52. The zero-order valence-electron chi connectivity index (χ0n) is 12.8. The van der Waals surface area contributed by atoms with Crippen LogP contribution in [0.3, 0.4) is 0 Å². The summed E-state index contributed by atoms with van der Waals surface area (Å²) < 4.78 is 3.36. The zero-order valence-corrected chi connectivity index (χ0v) is 14.4. The van der Waals surface area contributed by atoms with Crippen molar-refractivity contribution in [3.8, 4) is 0 Å². The van der Waals surface area contributed by atoms with Crippen LogP contribution in [-0.2, 0) is 6.54 Å². The minimum Gasteiger partial charge on any atom is -0.330 e. The molecule has 0 amide bonds. The normalized spacial score (nSPS) is 13.9. The summed E-state index contributed by atoms with van der Waals surface area (Å²) in [5.41, 5.74) is 8.51. The Morgan fingerprint density at radius 1 is 1.35 bits per heavy atom. The maximum absolute atomic E-state index is 6.02. The summed E-state index contributed by atoms with van der Waals surface area (Å²) in [7, 11) is 0. The fraction of sp³-hybridized carbons (Fsp3) is 0.562. The Bertz CT molecular complexity index is 596. The first kappa shape index (κ1) is 15.5. The van der Waals surface area contributed by atoms with Crippen LogP contribution in [0.25, 0.3) is 11.0 Å². The van der Waals surface area contributed by atoms with Gasteiger partial charge in [0.25, 0.3) is 0 Å². The lowest BCUT2D eigenvalue weighted by Crippen LogP contribution is -2.22. The van der Waals surface area contributed by atoms with Crippen molar-refractivity contribution in [1.29, 1.82) is 0 Å². The second-order valence-electron chi connectivity index (χ2n) is 6.54. The van der Waals surface area contributed by atoms with Gasteiger partial charge in [0.2, 0.25) is 0 Å². The predicted octanol–water partition coefficient (Wildman–Crippen LogP) is 4.30. The Labute approximate surface area is 129 Å². The molecule has 3 nitrogen and oxygen atoms in total. The van der Waals surface area contributed by atoms with E-state index in [0.717, 1.165) is 28.8 Å². The highest BCUT2D eigenvalue weighted by Crippen LogP contribution is 2.32. The van der Waals surface area contributed by atoms with E-state index in [-0.39, 0.29) is 5.41 Å². The van der Waals surface area contributed by atoms with Crippen molar-refractivity contribution in [2.24, 2.45) is 11.1 Å². The molecular formula is C16H24BrN3. The molecule has 2 rings (SSSR count). The maximum Gasteiger partial charge on any atom is 0.114 e. The largest absolute Gasteiger partial charge is 0.330 e. The third-order valence-electron chi connectivity index (χ3n) is 3.56. The van der Waals surface area contributed by atoms with Crippen molar-refractivity contribution in [2.75, 3.05) is 6.54 Å². The number of rotatable bonds is 4. The molecule has 20 heavy (non-hydrogen) atoms. The average molecular weight is 338 g/mol. The fourth-order valence-electron chi connectivity index (χ4n) is 2.78. The Balaban J connectivity index is 2.51. The molecule has 0 saturated carbocycles.